The van der Waals surface area contributed by atoms with Gasteiger partial charge >= 0.3 is 35.0 Å². The summed E-state index contributed by atoms with van der Waals surface area (Å²) in [5.41, 5.74) is -1.66. The van der Waals surface area contributed by atoms with Gasteiger partial charge in [0.15, 0.2) is 5.41 Å². The van der Waals surface area contributed by atoms with Gasteiger partial charge in [0.2, 0.25) is 0 Å². The molecule has 0 fully saturated rings. The fourth-order valence-corrected chi connectivity index (χ4v) is 1.50. The van der Waals surface area contributed by atoms with E-state index in [-0.39, 0.29) is 31.8 Å². The molecule has 0 aliphatic heterocycles. The van der Waals surface area contributed by atoms with Crippen molar-refractivity contribution in [2.24, 2.45) is 11.3 Å². The van der Waals surface area contributed by atoms with Crippen LogP contribution in [0.25, 0.3) is 0 Å². The number of carbonyl (C=O) groups is 2. The van der Waals surface area contributed by atoms with Crippen LogP contribution in [0.2, 0.25) is 0 Å². The summed E-state index contributed by atoms with van der Waals surface area (Å²) in [6.07, 6.45) is 3.58. The maximum Gasteiger partial charge on any atom is 2.00 e. The van der Waals surface area contributed by atoms with E-state index >= 15 is 0 Å². The third-order valence-electron chi connectivity index (χ3n) is 3.11. The second-order valence-corrected chi connectivity index (χ2v) is 4.21. The Morgan fingerprint density at radius 3 is 2.00 bits per heavy atom. The summed E-state index contributed by atoms with van der Waals surface area (Å²) in [4.78, 5) is 21.9. The normalized spacial score (nSPS) is 12.7. The SMILES string of the molecule is CCCCCC(C)C(C)(C(=O)O)C(=O)O.[H-].[H-].[Mg+2]. The third kappa shape index (κ3) is 4.29. The first-order chi connectivity index (χ1) is 6.87. The molecule has 0 aliphatic carbocycles. The molecule has 0 rings (SSSR count). The Morgan fingerprint density at radius 2 is 1.69 bits per heavy atom. The number of hydrogen-bond acceptors (Lipinski definition) is 2. The summed E-state index contributed by atoms with van der Waals surface area (Å²) in [5.74, 6) is -2.85. The van der Waals surface area contributed by atoms with Crippen LogP contribution in [0.1, 0.15) is 49.3 Å². The quantitative estimate of drug-likeness (QED) is 0.408. The minimum Gasteiger partial charge on any atom is -1.00 e. The largest absolute Gasteiger partial charge is 2.00 e. The molecule has 0 aromatic heterocycles. The van der Waals surface area contributed by atoms with Crippen LogP contribution in [-0.2, 0) is 9.59 Å². The summed E-state index contributed by atoms with van der Waals surface area (Å²) >= 11 is 0. The topological polar surface area (TPSA) is 74.6 Å². The Labute approximate surface area is 116 Å². The fraction of sp³-hybridized carbons (Fsp3) is 0.818. The van der Waals surface area contributed by atoms with Crippen molar-refractivity contribution in [2.75, 3.05) is 0 Å². The predicted molar refractivity (Wildman–Crippen MR) is 64.7 cm³/mol. The molecule has 0 amide bonds. The Morgan fingerprint density at radius 1 is 1.25 bits per heavy atom. The van der Waals surface area contributed by atoms with Crippen molar-refractivity contribution in [2.45, 2.75) is 46.5 Å². The molecule has 1 unspecified atom stereocenters. The zero-order valence-electron chi connectivity index (χ0n) is 12.3. The molecule has 0 heterocycles. The maximum atomic E-state index is 11.0. The van der Waals surface area contributed by atoms with Crippen molar-refractivity contribution >= 4 is 35.0 Å². The molecule has 0 aliphatic rings. The van der Waals surface area contributed by atoms with E-state index in [1.165, 1.54) is 6.92 Å². The van der Waals surface area contributed by atoms with Gasteiger partial charge in [0.25, 0.3) is 0 Å². The number of hydrogen-bond donors (Lipinski definition) is 2. The molecule has 1 atom stereocenters. The number of carboxylic acid groups (broad SMARTS) is 2. The van der Waals surface area contributed by atoms with E-state index in [1.54, 1.807) is 6.92 Å². The van der Waals surface area contributed by atoms with Crippen molar-refractivity contribution in [1.82, 2.24) is 0 Å². The first kappa shape index (κ1) is 18.1. The molecular weight excluding hydrogens is 220 g/mol. The minimum absolute atomic E-state index is 0. The van der Waals surface area contributed by atoms with Crippen LogP contribution in [0.4, 0.5) is 0 Å². The van der Waals surface area contributed by atoms with Gasteiger partial charge in [0.1, 0.15) is 0 Å². The van der Waals surface area contributed by atoms with Gasteiger partial charge < -0.3 is 13.1 Å². The zero-order chi connectivity index (χ0) is 12.1. The Bertz CT molecular complexity index is 235. The Hall–Kier alpha value is -0.294. The van der Waals surface area contributed by atoms with E-state index in [2.05, 4.69) is 6.92 Å². The van der Waals surface area contributed by atoms with Gasteiger partial charge in [-0.25, -0.2) is 0 Å². The molecule has 2 N–H and O–H groups in total. The first-order valence-electron chi connectivity index (χ1n) is 5.34. The molecule has 92 valence electrons. The van der Waals surface area contributed by atoms with Crippen LogP contribution in [0.15, 0.2) is 0 Å². The van der Waals surface area contributed by atoms with Gasteiger partial charge in [-0.3, -0.25) is 9.59 Å². The molecule has 5 heteroatoms. The van der Waals surface area contributed by atoms with Crippen LogP contribution >= 0.6 is 0 Å². The van der Waals surface area contributed by atoms with Crippen LogP contribution in [0.5, 0.6) is 0 Å². The maximum absolute atomic E-state index is 11.0. The van der Waals surface area contributed by atoms with Crippen molar-refractivity contribution in [1.29, 1.82) is 0 Å². The van der Waals surface area contributed by atoms with Gasteiger partial charge in [-0.05, 0) is 19.3 Å². The summed E-state index contributed by atoms with van der Waals surface area (Å²) in [7, 11) is 0. The van der Waals surface area contributed by atoms with E-state index in [0.29, 0.717) is 6.42 Å². The van der Waals surface area contributed by atoms with Crippen molar-refractivity contribution in [3.63, 3.8) is 0 Å². The summed E-state index contributed by atoms with van der Waals surface area (Å²) in [6.45, 7) is 5.03. The zero-order valence-corrected chi connectivity index (χ0v) is 11.7. The van der Waals surface area contributed by atoms with Gasteiger partial charge in [-0.1, -0.05) is 33.1 Å². The molecule has 0 radical (unpaired) electrons. The third-order valence-corrected chi connectivity index (χ3v) is 3.11. The predicted octanol–water partition coefficient (Wildman–Crippen LogP) is 2.22. The molecule has 0 saturated heterocycles. The average Bonchev–Trinajstić information content (AvgIpc) is 2.15. The van der Waals surface area contributed by atoms with Crippen molar-refractivity contribution < 1.29 is 22.7 Å². The Kier molecular flexibility index (Phi) is 8.92. The smallest absolute Gasteiger partial charge is 1.00 e. The molecule has 0 aromatic carbocycles. The molecule has 0 saturated carbocycles. The molecule has 0 spiro atoms. The molecule has 0 aromatic rings. The molecule has 16 heavy (non-hydrogen) atoms. The number of rotatable bonds is 7. The number of aliphatic carboxylic acids is 2. The second kappa shape index (κ2) is 7.90. The van der Waals surface area contributed by atoms with E-state index in [4.69, 9.17) is 10.2 Å². The van der Waals surface area contributed by atoms with Crippen LogP contribution < -0.4 is 0 Å². The van der Waals surface area contributed by atoms with Gasteiger partial charge in [0.05, 0.1) is 0 Å². The summed E-state index contributed by atoms with van der Waals surface area (Å²) in [5, 5.41) is 17.9. The summed E-state index contributed by atoms with van der Waals surface area (Å²) < 4.78 is 0. The van der Waals surface area contributed by atoms with Gasteiger partial charge in [0, 0.05) is 0 Å². The monoisotopic (exact) mass is 242 g/mol. The van der Waals surface area contributed by atoms with Crippen LogP contribution in [-0.4, -0.2) is 45.2 Å². The van der Waals surface area contributed by atoms with E-state index in [9.17, 15) is 9.59 Å². The Balaban J connectivity index is -0.000000327. The van der Waals surface area contributed by atoms with E-state index in [0.717, 1.165) is 19.3 Å². The van der Waals surface area contributed by atoms with Gasteiger partial charge in [-0.2, -0.15) is 0 Å². The average molecular weight is 243 g/mol. The van der Waals surface area contributed by atoms with E-state index in [1.807, 2.05) is 0 Å². The van der Waals surface area contributed by atoms with E-state index < -0.39 is 17.4 Å². The van der Waals surface area contributed by atoms with Crippen molar-refractivity contribution in [3.05, 3.63) is 0 Å². The van der Waals surface area contributed by atoms with Crippen LogP contribution in [0.3, 0.4) is 0 Å². The second-order valence-electron chi connectivity index (χ2n) is 4.21. The van der Waals surface area contributed by atoms with Gasteiger partial charge in [-0.15, -0.1) is 0 Å². The van der Waals surface area contributed by atoms with Crippen LogP contribution in [0, 0.1) is 11.3 Å². The standard InChI is InChI=1S/C11H20O4.Mg.2H/c1-4-5-6-7-8(2)11(3,9(12)13)10(14)15;;;/h8H,4-7H2,1-3H3,(H,12,13)(H,14,15);;;/q;+2;2*-1. The summed E-state index contributed by atoms with van der Waals surface area (Å²) in [6, 6.07) is 0. The molecule has 4 nitrogen and oxygen atoms in total. The fourth-order valence-electron chi connectivity index (χ4n) is 1.50. The minimum atomic E-state index is -1.66. The first-order valence-corrected chi connectivity index (χ1v) is 5.34. The number of unbranched alkanes of at least 4 members (excludes halogenated alkanes) is 2. The number of carboxylic acids is 2. The molecule has 0 bridgehead atoms. The van der Waals surface area contributed by atoms with Crippen molar-refractivity contribution in [3.8, 4) is 0 Å². The molecular formula is C11H22MgO4.